The average molecular weight is 280 g/mol. The molecule has 0 aliphatic heterocycles. The maximum atomic E-state index is 12.2. The van der Waals surface area contributed by atoms with Gasteiger partial charge in [-0.25, -0.2) is 13.9 Å². The predicted molar refractivity (Wildman–Crippen MR) is 33.6 cm³/mol. The molecule has 0 aliphatic rings. The third kappa shape index (κ3) is 4.98. The van der Waals surface area contributed by atoms with Crippen molar-refractivity contribution >= 4 is 0 Å². The summed E-state index contributed by atoms with van der Waals surface area (Å²) >= 11 is 0. The monoisotopic (exact) mass is 280 g/mol. The van der Waals surface area contributed by atoms with Crippen LogP contribution in [0.4, 0.5) is 39.5 Å². The third-order valence-electron chi connectivity index (χ3n) is 1.18. The van der Waals surface area contributed by atoms with Crippen molar-refractivity contribution in [1.82, 2.24) is 0 Å². The van der Waals surface area contributed by atoms with Crippen LogP contribution < -0.4 is 0 Å². The molecule has 0 spiro atoms. The van der Waals surface area contributed by atoms with E-state index < -0.39 is 38.0 Å². The first-order chi connectivity index (χ1) is 7.22. The fourth-order valence-corrected chi connectivity index (χ4v) is 0.461. The highest BCUT2D eigenvalue weighted by Crippen LogP contribution is 2.40. The summed E-state index contributed by atoms with van der Waals surface area (Å²) in [7, 11) is 0. The second-order valence-electron chi connectivity index (χ2n) is 2.84. The van der Waals surface area contributed by atoms with Gasteiger partial charge in [0.2, 0.25) is 0 Å². The molecule has 0 aromatic rings. The van der Waals surface area contributed by atoms with Gasteiger partial charge in [0, 0.05) is 6.92 Å². The molecular formula is C6H5F9O2. The normalized spacial score (nSPS) is 15.2. The highest BCUT2D eigenvalue weighted by Gasteiger charge is 2.61. The van der Waals surface area contributed by atoms with E-state index in [0.29, 0.717) is 0 Å². The average Bonchev–Trinajstić information content (AvgIpc) is 1.97. The van der Waals surface area contributed by atoms with Crippen LogP contribution in [0.5, 0.6) is 0 Å². The molecule has 17 heavy (non-hydrogen) atoms. The molecule has 104 valence electrons. The molecule has 0 atom stereocenters. The maximum Gasteiger partial charge on any atom is 0.495 e. The summed E-state index contributed by atoms with van der Waals surface area (Å²) in [5.74, 6) is -5.08. The number of rotatable bonds is 6. The fraction of sp³-hybridized carbons (Fsp3) is 1.00. The van der Waals surface area contributed by atoms with Crippen LogP contribution >= 0.6 is 0 Å². The number of ether oxygens (including phenoxy) is 2. The Morgan fingerprint density at radius 2 is 1.24 bits per heavy atom. The van der Waals surface area contributed by atoms with Gasteiger partial charge in [0.1, 0.15) is 0 Å². The summed E-state index contributed by atoms with van der Waals surface area (Å²) < 4.78 is 113. The smallest absolute Gasteiger partial charge is 0.241 e. The van der Waals surface area contributed by atoms with Gasteiger partial charge in [-0.3, -0.25) is 0 Å². The molecule has 0 bridgehead atoms. The molecule has 0 N–H and O–H groups in total. The highest BCUT2D eigenvalue weighted by molar-refractivity contribution is 4.71. The Labute approximate surface area is 88.3 Å². The quantitative estimate of drug-likeness (QED) is 0.548. The Balaban J connectivity index is 4.77. The van der Waals surface area contributed by atoms with Crippen molar-refractivity contribution in [2.45, 2.75) is 31.4 Å². The van der Waals surface area contributed by atoms with E-state index in [1.54, 1.807) is 0 Å². The molecule has 2 nitrogen and oxygen atoms in total. The largest absolute Gasteiger partial charge is 0.495 e. The molecule has 0 aliphatic carbocycles. The van der Waals surface area contributed by atoms with E-state index in [4.69, 9.17) is 0 Å². The Morgan fingerprint density at radius 3 is 1.53 bits per heavy atom. The number of alkyl halides is 9. The summed E-state index contributed by atoms with van der Waals surface area (Å²) in [5, 5.41) is 0. The lowest BCUT2D eigenvalue weighted by Crippen LogP contribution is -2.48. The summed E-state index contributed by atoms with van der Waals surface area (Å²) in [6, 6.07) is 0. The molecule has 0 rings (SSSR count). The van der Waals surface area contributed by atoms with E-state index in [9.17, 15) is 39.5 Å². The van der Waals surface area contributed by atoms with Crippen molar-refractivity contribution in [3.8, 4) is 0 Å². The minimum absolute atomic E-state index is 0.490. The van der Waals surface area contributed by atoms with Crippen LogP contribution in [-0.2, 0) is 9.47 Å². The third-order valence-corrected chi connectivity index (χ3v) is 1.18. The van der Waals surface area contributed by atoms with Crippen molar-refractivity contribution in [2.75, 3.05) is 6.67 Å². The van der Waals surface area contributed by atoms with Gasteiger partial charge in [0.25, 0.3) is 0 Å². The molecule has 0 radical (unpaired) electrons. The zero-order valence-corrected chi connectivity index (χ0v) is 7.93. The van der Waals surface area contributed by atoms with Gasteiger partial charge in [-0.2, -0.15) is 26.3 Å². The predicted octanol–water partition coefficient (Wildman–Crippen LogP) is 3.38. The van der Waals surface area contributed by atoms with Crippen LogP contribution in [0.3, 0.4) is 0 Å². The first-order valence-electron chi connectivity index (χ1n) is 3.70. The molecule has 11 heteroatoms. The Hall–Kier alpha value is -0.710. The van der Waals surface area contributed by atoms with E-state index in [1.807, 2.05) is 0 Å². The second-order valence-corrected chi connectivity index (χ2v) is 2.84. The van der Waals surface area contributed by atoms with Crippen LogP contribution in [-0.4, -0.2) is 31.1 Å². The SMILES string of the molecule is CC(F)(F)C(F)(F)OC(F)(F)OC(F)(F)CF. The van der Waals surface area contributed by atoms with E-state index in [0.717, 1.165) is 0 Å². The molecule has 0 aromatic heterocycles. The van der Waals surface area contributed by atoms with Gasteiger partial charge < -0.3 is 0 Å². The maximum absolute atomic E-state index is 12.2. The Kier molecular flexibility index (Phi) is 4.33. The van der Waals surface area contributed by atoms with Gasteiger partial charge in [-0.15, -0.1) is 8.78 Å². The van der Waals surface area contributed by atoms with Crippen molar-refractivity contribution < 1.29 is 49.0 Å². The Morgan fingerprint density at radius 1 is 0.824 bits per heavy atom. The van der Waals surface area contributed by atoms with Gasteiger partial charge >= 0.3 is 24.4 Å². The molecular weight excluding hydrogens is 275 g/mol. The van der Waals surface area contributed by atoms with Gasteiger partial charge in [-0.1, -0.05) is 0 Å². The molecule has 0 aromatic carbocycles. The fourth-order valence-electron chi connectivity index (χ4n) is 0.461. The lowest BCUT2D eigenvalue weighted by atomic mass is 10.4. The van der Waals surface area contributed by atoms with Gasteiger partial charge in [0.05, 0.1) is 0 Å². The topological polar surface area (TPSA) is 18.5 Å². The van der Waals surface area contributed by atoms with E-state index in [-0.39, 0.29) is 0 Å². The van der Waals surface area contributed by atoms with Crippen molar-refractivity contribution in [2.24, 2.45) is 0 Å². The van der Waals surface area contributed by atoms with Crippen LogP contribution in [0.25, 0.3) is 0 Å². The van der Waals surface area contributed by atoms with E-state index >= 15 is 0 Å². The van der Waals surface area contributed by atoms with Crippen LogP contribution in [0.1, 0.15) is 6.92 Å². The molecule has 0 saturated carbocycles. The van der Waals surface area contributed by atoms with E-state index in [2.05, 4.69) is 9.47 Å². The second kappa shape index (κ2) is 4.52. The van der Waals surface area contributed by atoms with Crippen molar-refractivity contribution in [3.05, 3.63) is 0 Å². The molecule has 0 amide bonds. The first-order valence-corrected chi connectivity index (χ1v) is 3.70. The standard InChI is InChI=1S/C6H5F9O2/c1-3(8,9)5(12,13)17-6(14,15)16-4(10,11)2-7/h2H2,1H3. The molecule has 0 unspecified atom stereocenters. The highest BCUT2D eigenvalue weighted by atomic mass is 19.3. The van der Waals surface area contributed by atoms with Gasteiger partial charge in [-0.05, 0) is 0 Å². The molecule has 0 fully saturated rings. The summed E-state index contributed by atoms with van der Waals surface area (Å²) in [6.07, 6.45) is -16.7. The molecule has 0 saturated heterocycles. The Bertz CT molecular complexity index is 259. The summed E-state index contributed by atoms with van der Waals surface area (Å²) in [5.41, 5.74) is 0. The zero-order chi connectivity index (χ0) is 14.1. The van der Waals surface area contributed by atoms with E-state index in [1.165, 1.54) is 0 Å². The summed E-state index contributed by atoms with van der Waals surface area (Å²) in [6.45, 7) is -3.27. The van der Waals surface area contributed by atoms with Crippen LogP contribution in [0, 0.1) is 0 Å². The minimum atomic E-state index is -5.79. The van der Waals surface area contributed by atoms with Crippen molar-refractivity contribution in [3.63, 3.8) is 0 Å². The zero-order valence-electron chi connectivity index (χ0n) is 7.93. The van der Waals surface area contributed by atoms with Gasteiger partial charge in [0.15, 0.2) is 6.67 Å². The number of halogens is 9. The lowest BCUT2D eigenvalue weighted by molar-refractivity contribution is -0.532. The lowest BCUT2D eigenvalue weighted by Gasteiger charge is -2.28. The van der Waals surface area contributed by atoms with Crippen LogP contribution in [0.15, 0.2) is 0 Å². The van der Waals surface area contributed by atoms with Crippen LogP contribution in [0.2, 0.25) is 0 Å². The summed E-state index contributed by atoms with van der Waals surface area (Å²) in [4.78, 5) is 0. The molecule has 0 heterocycles. The number of hydrogen-bond donors (Lipinski definition) is 0. The first kappa shape index (κ1) is 16.3. The number of hydrogen-bond acceptors (Lipinski definition) is 2. The minimum Gasteiger partial charge on any atom is -0.241 e. The van der Waals surface area contributed by atoms with Crippen molar-refractivity contribution in [1.29, 1.82) is 0 Å².